The molecule has 7 heteroatoms. The number of aromatic nitrogens is 3. The smallest absolute Gasteiger partial charge is 0.322 e. The van der Waals surface area contributed by atoms with Gasteiger partial charge in [-0.2, -0.15) is 26.7 Å². The normalized spacial score (nSPS) is 19.7. The molecule has 1 aliphatic heterocycles. The predicted molar refractivity (Wildman–Crippen MR) is 74.7 cm³/mol. The Kier molecular flexibility index (Phi) is 4.46. The van der Waals surface area contributed by atoms with Crippen molar-refractivity contribution in [3.05, 3.63) is 0 Å². The highest BCUT2D eigenvalue weighted by atomic mass is 32.2. The minimum Gasteiger partial charge on any atom is -0.467 e. The van der Waals surface area contributed by atoms with E-state index in [1.807, 2.05) is 11.8 Å². The summed E-state index contributed by atoms with van der Waals surface area (Å²) in [5, 5.41) is 3.58. The Balaban J connectivity index is 2.20. The molecule has 1 atom stereocenters. The fourth-order valence-corrected chi connectivity index (χ4v) is 3.02. The molecule has 1 aromatic rings. The molecular weight excluding hydrogens is 250 g/mol. The summed E-state index contributed by atoms with van der Waals surface area (Å²) in [6.07, 6.45) is 1.17. The van der Waals surface area contributed by atoms with Gasteiger partial charge in [-0.1, -0.05) is 6.92 Å². The molecule has 6 nitrogen and oxygen atoms in total. The molecule has 1 unspecified atom stereocenters. The van der Waals surface area contributed by atoms with Gasteiger partial charge in [0.15, 0.2) is 0 Å². The van der Waals surface area contributed by atoms with E-state index in [4.69, 9.17) is 4.74 Å². The second-order valence-corrected chi connectivity index (χ2v) is 5.45. The molecule has 2 rings (SSSR count). The summed E-state index contributed by atoms with van der Waals surface area (Å²) in [5.41, 5.74) is 0. The number of ether oxygens (including phenoxy) is 1. The molecule has 0 radical (unpaired) electrons. The van der Waals surface area contributed by atoms with Gasteiger partial charge >= 0.3 is 6.01 Å². The molecule has 0 saturated carbocycles. The average molecular weight is 269 g/mol. The maximum atomic E-state index is 5.11. The van der Waals surface area contributed by atoms with Crippen LogP contribution in [0.15, 0.2) is 0 Å². The van der Waals surface area contributed by atoms with Gasteiger partial charge in [0.05, 0.1) is 7.11 Å². The number of thioether (sulfide) groups is 1. The first kappa shape index (κ1) is 13.2. The van der Waals surface area contributed by atoms with E-state index >= 15 is 0 Å². The van der Waals surface area contributed by atoms with Crippen LogP contribution in [0, 0.1) is 0 Å². The zero-order valence-corrected chi connectivity index (χ0v) is 11.8. The fourth-order valence-electron chi connectivity index (χ4n) is 1.84. The molecule has 2 heterocycles. The van der Waals surface area contributed by atoms with Crippen molar-refractivity contribution in [1.82, 2.24) is 15.0 Å². The number of nitrogens with one attached hydrogen (secondary N) is 1. The first-order valence-electron chi connectivity index (χ1n) is 6.11. The molecule has 1 aromatic heterocycles. The molecule has 1 saturated heterocycles. The number of rotatable bonds is 4. The molecule has 0 amide bonds. The number of hydrogen-bond acceptors (Lipinski definition) is 7. The number of hydrogen-bond donors (Lipinski definition) is 1. The summed E-state index contributed by atoms with van der Waals surface area (Å²) in [5.74, 6) is 2.36. The van der Waals surface area contributed by atoms with Crippen LogP contribution in [0.25, 0.3) is 0 Å². The van der Waals surface area contributed by atoms with E-state index in [1.54, 1.807) is 14.2 Å². The van der Waals surface area contributed by atoms with Crippen molar-refractivity contribution in [3.63, 3.8) is 0 Å². The number of methoxy groups -OCH3 is 1. The van der Waals surface area contributed by atoms with Gasteiger partial charge in [0, 0.05) is 31.1 Å². The predicted octanol–water partition coefficient (Wildman–Crippen LogP) is 1.25. The van der Waals surface area contributed by atoms with Crippen LogP contribution in [-0.4, -0.2) is 53.2 Å². The second kappa shape index (κ2) is 6.08. The Morgan fingerprint density at radius 3 is 2.94 bits per heavy atom. The topological polar surface area (TPSA) is 63.2 Å². The van der Waals surface area contributed by atoms with Gasteiger partial charge in [-0.3, -0.25) is 0 Å². The van der Waals surface area contributed by atoms with E-state index in [0.717, 1.165) is 18.8 Å². The van der Waals surface area contributed by atoms with Crippen LogP contribution in [0.3, 0.4) is 0 Å². The highest BCUT2D eigenvalue weighted by molar-refractivity contribution is 8.00. The van der Waals surface area contributed by atoms with Crippen LogP contribution in [0.4, 0.5) is 11.9 Å². The molecule has 0 bridgehead atoms. The molecule has 0 aromatic carbocycles. The molecule has 1 fully saturated rings. The van der Waals surface area contributed by atoms with Gasteiger partial charge in [-0.25, -0.2) is 0 Å². The van der Waals surface area contributed by atoms with Crippen LogP contribution in [-0.2, 0) is 0 Å². The summed E-state index contributed by atoms with van der Waals surface area (Å²) in [4.78, 5) is 15.0. The summed E-state index contributed by atoms with van der Waals surface area (Å²) < 4.78 is 5.11. The van der Waals surface area contributed by atoms with Gasteiger partial charge < -0.3 is 15.0 Å². The van der Waals surface area contributed by atoms with Gasteiger partial charge in [0.1, 0.15) is 0 Å². The van der Waals surface area contributed by atoms with Crippen molar-refractivity contribution < 1.29 is 4.74 Å². The minimum absolute atomic E-state index is 0.357. The van der Waals surface area contributed by atoms with E-state index in [0.29, 0.717) is 23.2 Å². The SMILES string of the molecule is CCC1CN(c2nc(NC)nc(OC)n2)CCS1. The molecule has 0 aliphatic carbocycles. The summed E-state index contributed by atoms with van der Waals surface area (Å²) in [7, 11) is 3.36. The highest BCUT2D eigenvalue weighted by Gasteiger charge is 2.22. The number of nitrogens with zero attached hydrogens (tertiary/aromatic N) is 4. The molecule has 0 spiro atoms. The van der Waals surface area contributed by atoms with Crippen molar-refractivity contribution in [2.45, 2.75) is 18.6 Å². The molecule has 100 valence electrons. The molecule has 1 aliphatic rings. The molecule has 1 N–H and O–H groups in total. The van der Waals surface area contributed by atoms with E-state index in [-0.39, 0.29) is 0 Å². The van der Waals surface area contributed by atoms with E-state index in [9.17, 15) is 0 Å². The largest absolute Gasteiger partial charge is 0.467 e. The van der Waals surface area contributed by atoms with E-state index < -0.39 is 0 Å². The Morgan fingerprint density at radius 1 is 1.44 bits per heavy atom. The molecular formula is C11H19N5OS. The lowest BCUT2D eigenvalue weighted by Gasteiger charge is -2.31. The van der Waals surface area contributed by atoms with Crippen molar-refractivity contribution in [2.75, 3.05) is 43.2 Å². The quantitative estimate of drug-likeness (QED) is 0.882. The first-order chi connectivity index (χ1) is 8.76. The summed E-state index contributed by atoms with van der Waals surface area (Å²) >= 11 is 2.02. The molecule has 18 heavy (non-hydrogen) atoms. The maximum Gasteiger partial charge on any atom is 0.322 e. The average Bonchev–Trinajstić information content (AvgIpc) is 2.46. The lowest BCUT2D eigenvalue weighted by molar-refractivity contribution is 0.378. The Labute approximate surface area is 112 Å². The summed E-state index contributed by atoms with van der Waals surface area (Å²) in [6.45, 7) is 4.17. The highest BCUT2D eigenvalue weighted by Crippen LogP contribution is 2.24. The third-order valence-electron chi connectivity index (χ3n) is 2.89. The Morgan fingerprint density at radius 2 is 2.28 bits per heavy atom. The Hall–Kier alpha value is -1.24. The lowest BCUT2D eigenvalue weighted by atomic mass is 10.3. The van der Waals surface area contributed by atoms with E-state index in [2.05, 4.69) is 32.1 Å². The second-order valence-electron chi connectivity index (χ2n) is 4.04. The van der Waals surface area contributed by atoms with Crippen LogP contribution < -0.4 is 15.0 Å². The fraction of sp³-hybridized carbons (Fsp3) is 0.727. The minimum atomic E-state index is 0.357. The number of anilines is 2. The third-order valence-corrected chi connectivity index (χ3v) is 4.26. The first-order valence-corrected chi connectivity index (χ1v) is 7.16. The van der Waals surface area contributed by atoms with Crippen molar-refractivity contribution >= 4 is 23.7 Å². The van der Waals surface area contributed by atoms with Gasteiger partial charge in [0.2, 0.25) is 11.9 Å². The van der Waals surface area contributed by atoms with Crippen molar-refractivity contribution in [1.29, 1.82) is 0 Å². The monoisotopic (exact) mass is 269 g/mol. The van der Waals surface area contributed by atoms with Crippen molar-refractivity contribution in [3.8, 4) is 6.01 Å². The summed E-state index contributed by atoms with van der Waals surface area (Å²) in [6, 6.07) is 0.357. The standard InChI is InChI=1S/C11H19N5OS/c1-4-8-7-16(5-6-18-8)10-13-9(12-2)14-11(15-10)17-3/h8H,4-7H2,1-3H3,(H,12,13,14,15). The van der Waals surface area contributed by atoms with Gasteiger partial charge in [-0.05, 0) is 6.42 Å². The van der Waals surface area contributed by atoms with Crippen LogP contribution in [0.5, 0.6) is 6.01 Å². The van der Waals surface area contributed by atoms with Crippen LogP contribution in [0.2, 0.25) is 0 Å². The zero-order chi connectivity index (χ0) is 13.0. The van der Waals surface area contributed by atoms with E-state index in [1.165, 1.54) is 6.42 Å². The van der Waals surface area contributed by atoms with Crippen molar-refractivity contribution in [2.24, 2.45) is 0 Å². The lowest BCUT2D eigenvalue weighted by Crippen LogP contribution is -2.38. The van der Waals surface area contributed by atoms with Crippen LogP contribution in [0.1, 0.15) is 13.3 Å². The maximum absolute atomic E-state index is 5.11. The van der Waals surface area contributed by atoms with Gasteiger partial charge in [0.25, 0.3) is 0 Å². The zero-order valence-electron chi connectivity index (χ0n) is 11.0. The van der Waals surface area contributed by atoms with Gasteiger partial charge in [-0.15, -0.1) is 0 Å². The Bertz CT molecular complexity index is 381. The van der Waals surface area contributed by atoms with Crippen LogP contribution >= 0.6 is 11.8 Å². The third kappa shape index (κ3) is 2.95.